The van der Waals surface area contributed by atoms with Gasteiger partial charge in [0, 0.05) is 6.54 Å². The van der Waals surface area contributed by atoms with Gasteiger partial charge in [-0.1, -0.05) is 148 Å². The maximum atomic E-state index is 2.30. The molecule has 1 nitrogen and oxygen atoms in total. The quantitative estimate of drug-likeness (QED) is 0.147. The first kappa shape index (κ1) is 28.0. The van der Waals surface area contributed by atoms with E-state index in [-0.39, 0.29) is 0 Å². The predicted molar refractivity (Wildman–Crippen MR) is 130 cm³/mol. The summed E-state index contributed by atoms with van der Waals surface area (Å²) in [6, 6.07) is 0. The summed E-state index contributed by atoms with van der Waals surface area (Å²) in [5, 5.41) is 0. The summed E-state index contributed by atoms with van der Waals surface area (Å²) in [7, 11) is 4.25. The second-order valence-electron chi connectivity index (χ2n) is 9.36. The Morgan fingerprint density at radius 3 is 0.893 bits per heavy atom. The van der Waals surface area contributed by atoms with Crippen LogP contribution in [-0.2, 0) is 0 Å². The summed E-state index contributed by atoms with van der Waals surface area (Å²) >= 11 is 0. The normalized spacial score (nSPS) is 11.6. The second-order valence-corrected chi connectivity index (χ2v) is 9.36. The van der Waals surface area contributed by atoms with Crippen LogP contribution in [0.1, 0.15) is 155 Å². The molecule has 0 aliphatic heterocycles. The van der Waals surface area contributed by atoms with Gasteiger partial charge in [-0.05, 0) is 20.5 Å². The van der Waals surface area contributed by atoms with E-state index in [0.717, 1.165) is 0 Å². The smallest absolute Gasteiger partial charge is 0.0245 e. The fourth-order valence-corrected chi connectivity index (χ4v) is 4.10. The molecule has 1 radical (unpaired) electrons. The summed E-state index contributed by atoms with van der Waals surface area (Å²) < 4.78 is 0. The maximum Gasteiger partial charge on any atom is 0.0245 e. The Morgan fingerprint density at radius 1 is 0.393 bits per heavy atom. The highest BCUT2D eigenvalue weighted by atomic mass is 15.0. The molecule has 0 rings (SSSR count). The van der Waals surface area contributed by atoms with Gasteiger partial charge in [0.25, 0.3) is 0 Å². The van der Waals surface area contributed by atoms with Crippen molar-refractivity contribution in [2.45, 2.75) is 155 Å². The maximum absolute atomic E-state index is 2.30. The molecule has 0 amide bonds. The molecule has 0 aromatic heterocycles. The van der Waals surface area contributed by atoms with Crippen LogP contribution in [-0.4, -0.2) is 19.0 Å². The second kappa shape index (κ2) is 25.0. The van der Waals surface area contributed by atoms with E-state index in [9.17, 15) is 0 Å². The number of rotatable bonds is 24. The molecule has 169 valence electrons. The minimum atomic E-state index is 1.26. The van der Waals surface area contributed by atoms with Crippen molar-refractivity contribution in [2.24, 2.45) is 0 Å². The molecule has 0 aliphatic carbocycles. The van der Waals surface area contributed by atoms with E-state index >= 15 is 0 Å². The van der Waals surface area contributed by atoms with E-state index in [0.29, 0.717) is 0 Å². The molecule has 28 heavy (non-hydrogen) atoms. The van der Waals surface area contributed by atoms with Crippen molar-refractivity contribution in [1.29, 1.82) is 0 Å². The molecule has 0 bridgehead atoms. The van der Waals surface area contributed by atoms with Crippen LogP contribution in [0.3, 0.4) is 0 Å². The van der Waals surface area contributed by atoms with Crippen molar-refractivity contribution in [3.63, 3.8) is 0 Å². The molecule has 0 aromatic carbocycles. The van der Waals surface area contributed by atoms with Gasteiger partial charge in [0.1, 0.15) is 0 Å². The highest BCUT2D eigenvalue weighted by Gasteiger charge is 1.96. The predicted octanol–water partition coefficient (Wildman–Crippen LogP) is 9.70. The number of hydrogen-bond donors (Lipinski definition) is 0. The third kappa shape index (κ3) is 26.0. The van der Waals surface area contributed by atoms with Crippen molar-refractivity contribution >= 4 is 0 Å². The van der Waals surface area contributed by atoms with Crippen LogP contribution < -0.4 is 0 Å². The van der Waals surface area contributed by atoms with Gasteiger partial charge in [-0.25, -0.2) is 0 Å². The van der Waals surface area contributed by atoms with Gasteiger partial charge in [-0.15, -0.1) is 0 Å². The monoisotopic (exact) mass is 394 g/mol. The van der Waals surface area contributed by atoms with E-state index in [2.05, 4.69) is 32.5 Å². The van der Waals surface area contributed by atoms with Gasteiger partial charge in [0.15, 0.2) is 0 Å². The summed E-state index contributed by atoms with van der Waals surface area (Å²) in [6.45, 7) is 4.60. The third-order valence-electron chi connectivity index (χ3n) is 6.05. The molecule has 0 atom stereocenters. The Labute approximate surface area is 180 Å². The molecule has 0 aliphatic rings. The van der Waals surface area contributed by atoms with Gasteiger partial charge in [-0.3, -0.25) is 0 Å². The summed E-state index contributed by atoms with van der Waals surface area (Å²) in [5.74, 6) is 0. The molecule has 0 saturated carbocycles. The van der Waals surface area contributed by atoms with Gasteiger partial charge < -0.3 is 4.90 Å². The fraction of sp³-hybridized carbons (Fsp3) is 0.963. The van der Waals surface area contributed by atoms with E-state index in [1.807, 2.05) is 0 Å². The molecule has 0 aromatic rings. The summed E-state index contributed by atoms with van der Waals surface area (Å²) in [6.07, 6.45) is 33.5. The van der Waals surface area contributed by atoms with E-state index < -0.39 is 0 Å². The molecule has 0 unspecified atom stereocenters. The molecule has 0 fully saturated rings. The average molecular weight is 395 g/mol. The van der Waals surface area contributed by atoms with Crippen LogP contribution >= 0.6 is 0 Å². The van der Waals surface area contributed by atoms with Crippen LogP contribution in [0.4, 0.5) is 0 Å². The van der Waals surface area contributed by atoms with E-state index in [1.165, 1.54) is 148 Å². The Kier molecular flexibility index (Phi) is 25.0. The standard InChI is InChI=1S/C27H56N/c1-4-5-6-7-8-9-10-11-12-13-14-15-16-17-18-19-20-21-22-23-24-25-26-27-28(2)3/h27H,4-26H2,1-3H3. The van der Waals surface area contributed by atoms with E-state index in [1.54, 1.807) is 0 Å². The lowest BCUT2D eigenvalue weighted by molar-refractivity contribution is 0.460. The first-order valence-electron chi connectivity index (χ1n) is 13.3. The number of unbranched alkanes of at least 4 members (excludes halogenated alkanes) is 22. The van der Waals surface area contributed by atoms with Crippen LogP contribution in [0, 0.1) is 6.54 Å². The lowest BCUT2D eigenvalue weighted by atomic mass is 10.0. The minimum Gasteiger partial charge on any atom is -0.305 e. The van der Waals surface area contributed by atoms with Crippen LogP contribution in [0.2, 0.25) is 0 Å². The van der Waals surface area contributed by atoms with Crippen LogP contribution in [0.25, 0.3) is 0 Å². The first-order valence-corrected chi connectivity index (χ1v) is 13.3. The zero-order valence-corrected chi connectivity index (χ0v) is 20.3. The Morgan fingerprint density at radius 2 is 0.643 bits per heavy atom. The highest BCUT2D eigenvalue weighted by Crippen LogP contribution is 2.15. The van der Waals surface area contributed by atoms with Gasteiger partial charge in [0.05, 0.1) is 0 Å². The summed E-state index contributed by atoms with van der Waals surface area (Å²) in [5.41, 5.74) is 0. The van der Waals surface area contributed by atoms with Crippen LogP contribution in [0.5, 0.6) is 0 Å². The largest absolute Gasteiger partial charge is 0.305 e. The molecule has 0 heterocycles. The zero-order chi connectivity index (χ0) is 20.5. The fourth-order valence-electron chi connectivity index (χ4n) is 4.10. The van der Waals surface area contributed by atoms with Crippen molar-refractivity contribution in [2.75, 3.05) is 14.1 Å². The highest BCUT2D eigenvalue weighted by molar-refractivity contribution is 4.60. The van der Waals surface area contributed by atoms with Gasteiger partial charge >= 0.3 is 0 Å². The van der Waals surface area contributed by atoms with Crippen molar-refractivity contribution < 1.29 is 0 Å². The molecule has 0 saturated heterocycles. The SMILES string of the molecule is CCCCCCCCCCCCCCCCCCCCCCCC[CH]N(C)C. The van der Waals surface area contributed by atoms with Gasteiger partial charge in [0.2, 0.25) is 0 Å². The summed E-state index contributed by atoms with van der Waals surface area (Å²) in [4.78, 5) is 2.18. The lowest BCUT2D eigenvalue weighted by Gasteiger charge is -2.07. The Hall–Kier alpha value is -0.0400. The number of hydrogen-bond acceptors (Lipinski definition) is 1. The van der Waals surface area contributed by atoms with Crippen molar-refractivity contribution in [1.82, 2.24) is 4.90 Å². The molecule has 1 heteroatoms. The lowest BCUT2D eigenvalue weighted by Crippen LogP contribution is -2.06. The van der Waals surface area contributed by atoms with E-state index in [4.69, 9.17) is 0 Å². The molecular formula is C27H56N. The van der Waals surface area contributed by atoms with Crippen molar-refractivity contribution in [3.05, 3.63) is 6.54 Å². The average Bonchev–Trinajstić information content (AvgIpc) is 2.68. The number of nitrogens with zero attached hydrogens (tertiary/aromatic N) is 1. The first-order chi connectivity index (χ1) is 13.8. The minimum absolute atomic E-state index is 1.26. The molecule has 0 spiro atoms. The zero-order valence-electron chi connectivity index (χ0n) is 20.3. The Bertz CT molecular complexity index is 261. The van der Waals surface area contributed by atoms with Gasteiger partial charge in [-0.2, -0.15) is 0 Å². The topological polar surface area (TPSA) is 3.24 Å². The molecular weight excluding hydrogens is 338 g/mol. The van der Waals surface area contributed by atoms with Crippen molar-refractivity contribution in [3.8, 4) is 0 Å². The molecule has 0 N–H and O–H groups in total. The third-order valence-corrected chi connectivity index (χ3v) is 6.05. The van der Waals surface area contributed by atoms with Crippen LogP contribution in [0.15, 0.2) is 0 Å². The Balaban J connectivity index is 2.98.